The molecule has 0 aliphatic carbocycles. The fourth-order valence-electron chi connectivity index (χ4n) is 1.30. The van der Waals surface area contributed by atoms with E-state index in [1.54, 1.807) is 22.7 Å². The van der Waals surface area contributed by atoms with Crippen molar-refractivity contribution in [2.75, 3.05) is 0 Å². The first kappa shape index (κ1) is 9.83. The van der Waals surface area contributed by atoms with Gasteiger partial charge in [0.05, 0.1) is 12.3 Å². The first-order valence-corrected chi connectivity index (χ1v) is 6.03. The Hall–Kier alpha value is -0.710. The lowest BCUT2D eigenvalue weighted by molar-refractivity contribution is 0.277. The molecule has 2 aromatic heterocycles. The van der Waals surface area contributed by atoms with Crippen LogP contribution in [-0.2, 0) is 6.61 Å². The first-order valence-electron chi connectivity index (χ1n) is 4.34. The number of nitrogens with zero attached hydrogens (tertiary/aromatic N) is 1. The average Bonchev–Trinajstić information content (AvgIpc) is 2.71. The number of aryl methyl sites for hydroxylation is 2. The third kappa shape index (κ3) is 1.61. The second-order valence-corrected chi connectivity index (χ2v) is 5.39. The molecule has 4 heteroatoms. The number of thiazole rings is 1. The van der Waals surface area contributed by atoms with Crippen molar-refractivity contribution in [3.63, 3.8) is 0 Å². The lowest BCUT2D eigenvalue weighted by atomic mass is 10.3. The van der Waals surface area contributed by atoms with Gasteiger partial charge in [-0.2, -0.15) is 0 Å². The van der Waals surface area contributed by atoms with E-state index in [-0.39, 0.29) is 6.61 Å². The molecule has 0 aromatic carbocycles. The van der Waals surface area contributed by atoms with E-state index in [0.717, 1.165) is 15.6 Å². The van der Waals surface area contributed by atoms with E-state index in [0.29, 0.717) is 0 Å². The Labute approximate surface area is 90.9 Å². The maximum absolute atomic E-state index is 9.05. The number of thiophene rings is 1. The zero-order valence-corrected chi connectivity index (χ0v) is 9.71. The number of aliphatic hydroxyl groups is 1. The minimum Gasteiger partial charge on any atom is -0.390 e. The van der Waals surface area contributed by atoms with Gasteiger partial charge in [0.2, 0.25) is 0 Å². The van der Waals surface area contributed by atoms with Gasteiger partial charge in [-0.05, 0) is 25.3 Å². The standard InChI is InChI=1S/C10H11NOS2/c1-6-8(3-4-13-6)10-11-9(5-12)7(2)14-10/h3-4,12H,5H2,1-2H3. The van der Waals surface area contributed by atoms with Crippen LogP contribution in [0.1, 0.15) is 15.4 Å². The molecule has 0 atom stereocenters. The van der Waals surface area contributed by atoms with Gasteiger partial charge in [-0.1, -0.05) is 0 Å². The number of hydrogen-bond donors (Lipinski definition) is 1. The van der Waals surface area contributed by atoms with Crippen molar-refractivity contribution in [2.24, 2.45) is 0 Å². The molecule has 0 aliphatic heterocycles. The SMILES string of the molecule is Cc1sccc1-c1nc(CO)c(C)s1. The molecule has 0 bridgehead atoms. The highest BCUT2D eigenvalue weighted by molar-refractivity contribution is 7.16. The Morgan fingerprint density at radius 1 is 1.36 bits per heavy atom. The molecular formula is C10H11NOS2. The maximum atomic E-state index is 9.05. The summed E-state index contributed by atoms with van der Waals surface area (Å²) in [6.45, 7) is 4.12. The Bertz CT molecular complexity index is 445. The van der Waals surface area contributed by atoms with Crippen molar-refractivity contribution >= 4 is 22.7 Å². The van der Waals surface area contributed by atoms with Gasteiger partial charge in [0.25, 0.3) is 0 Å². The van der Waals surface area contributed by atoms with E-state index in [4.69, 9.17) is 5.11 Å². The van der Waals surface area contributed by atoms with Crippen LogP contribution in [0.25, 0.3) is 10.6 Å². The van der Waals surface area contributed by atoms with Crippen LogP contribution in [0.15, 0.2) is 11.4 Å². The summed E-state index contributed by atoms with van der Waals surface area (Å²) in [5, 5.41) is 12.1. The van der Waals surface area contributed by atoms with Crippen LogP contribution >= 0.6 is 22.7 Å². The van der Waals surface area contributed by atoms with Crippen LogP contribution in [0.5, 0.6) is 0 Å². The monoisotopic (exact) mass is 225 g/mol. The molecule has 0 spiro atoms. The molecule has 1 N–H and O–H groups in total. The quantitative estimate of drug-likeness (QED) is 0.852. The van der Waals surface area contributed by atoms with E-state index in [2.05, 4.69) is 23.4 Å². The molecule has 0 saturated carbocycles. The van der Waals surface area contributed by atoms with Gasteiger partial charge in [-0.15, -0.1) is 22.7 Å². The molecule has 0 unspecified atom stereocenters. The largest absolute Gasteiger partial charge is 0.390 e. The third-order valence-corrected chi connectivity index (χ3v) is 4.02. The predicted octanol–water partition coefficient (Wildman–Crippen LogP) is 2.98. The second kappa shape index (κ2) is 3.81. The molecule has 2 aromatic rings. The summed E-state index contributed by atoms with van der Waals surface area (Å²) in [6, 6.07) is 2.08. The fourth-order valence-corrected chi connectivity index (χ4v) is 3.07. The number of aliphatic hydroxyl groups excluding tert-OH is 1. The molecule has 0 radical (unpaired) electrons. The fraction of sp³-hybridized carbons (Fsp3) is 0.300. The van der Waals surface area contributed by atoms with E-state index in [1.165, 1.54) is 10.4 Å². The molecule has 2 rings (SSSR count). The van der Waals surface area contributed by atoms with Gasteiger partial charge in [-0.3, -0.25) is 0 Å². The molecule has 0 amide bonds. The zero-order chi connectivity index (χ0) is 10.1. The number of aromatic nitrogens is 1. The van der Waals surface area contributed by atoms with Crippen LogP contribution in [0.4, 0.5) is 0 Å². The van der Waals surface area contributed by atoms with Crippen LogP contribution < -0.4 is 0 Å². The van der Waals surface area contributed by atoms with E-state index < -0.39 is 0 Å². The summed E-state index contributed by atoms with van der Waals surface area (Å²) < 4.78 is 0. The van der Waals surface area contributed by atoms with Gasteiger partial charge in [0, 0.05) is 15.3 Å². The highest BCUT2D eigenvalue weighted by atomic mass is 32.1. The smallest absolute Gasteiger partial charge is 0.125 e. The molecule has 2 heterocycles. The van der Waals surface area contributed by atoms with Crippen molar-refractivity contribution in [3.05, 3.63) is 26.9 Å². The van der Waals surface area contributed by atoms with Crippen molar-refractivity contribution in [1.29, 1.82) is 0 Å². The molecule has 14 heavy (non-hydrogen) atoms. The minimum absolute atomic E-state index is 0.0333. The minimum atomic E-state index is 0.0333. The van der Waals surface area contributed by atoms with Gasteiger partial charge >= 0.3 is 0 Å². The summed E-state index contributed by atoms with van der Waals surface area (Å²) in [6.07, 6.45) is 0. The molecule has 0 fully saturated rings. The van der Waals surface area contributed by atoms with Crippen molar-refractivity contribution in [2.45, 2.75) is 20.5 Å². The normalized spacial score (nSPS) is 10.8. The lowest BCUT2D eigenvalue weighted by Gasteiger charge is -1.91. The Morgan fingerprint density at radius 2 is 2.14 bits per heavy atom. The summed E-state index contributed by atoms with van der Waals surface area (Å²) in [7, 11) is 0. The Morgan fingerprint density at radius 3 is 2.64 bits per heavy atom. The van der Waals surface area contributed by atoms with Crippen LogP contribution in [0.3, 0.4) is 0 Å². The van der Waals surface area contributed by atoms with Crippen molar-refractivity contribution in [1.82, 2.24) is 4.98 Å². The summed E-state index contributed by atoms with van der Waals surface area (Å²) in [4.78, 5) is 6.79. The van der Waals surface area contributed by atoms with Crippen LogP contribution in [0.2, 0.25) is 0 Å². The summed E-state index contributed by atoms with van der Waals surface area (Å²) in [5.74, 6) is 0. The predicted molar refractivity (Wildman–Crippen MR) is 60.8 cm³/mol. The van der Waals surface area contributed by atoms with Gasteiger partial charge < -0.3 is 5.11 Å². The molecule has 2 nitrogen and oxygen atoms in total. The van der Waals surface area contributed by atoms with Crippen LogP contribution in [-0.4, -0.2) is 10.1 Å². The van der Waals surface area contributed by atoms with Gasteiger partial charge in [0.15, 0.2) is 0 Å². The Kier molecular flexibility index (Phi) is 2.67. The van der Waals surface area contributed by atoms with Crippen molar-refractivity contribution in [3.8, 4) is 10.6 Å². The molecule has 0 aliphatic rings. The average molecular weight is 225 g/mol. The second-order valence-electron chi connectivity index (χ2n) is 3.07. The first-order chi connectivity index (χ1) is 6.72. The topological polar surface area (TPSA) is 33.1 Å². The molecule has 74 valence electrons. The van der Waals surface area contributed by atoms with E-state index >= 15 is 0 Å². The highest BCUT2D eigenvalue weighted by Gasteiger charge is 2.10. The molecular weight excluding hydrogens is 214 g/mol. The Balaban J connectivity index is 2.47. The van der Waals surface area contributed by atoms with Gasteiger partial charge in [0.1, 0.15) is 5.01 Å². The number of hydrogen-bond acceptors (Lipinski definition) is 4. The summed E-state index contributed by atoms with van der Waals surface area (Å²) >= 11 is 3.37. The summed E-state index contributed by atoms with van der Waals surface area (Å²) in [5.41, 5.74) is 2.00. The lowest BCUT2D eigenvalue weighted by Crippen LogP contribution is -1.85. The third-order valence-electron chi connectivity index (χ3n) is 2.13. The van der Waals surface area contributed by atoms with E-state index in [9.17, 15) is 0 Å². The van der Waals surface area contributed by atoms with Crippen LogP contribution in [0, 0.1) is 13.8 Å². The van der Waals surface area contributed by atoms with Gasteiger partial charge in [-0.25, -0.2) is 4.98 Å². The zero-order valence-electron chi connectivity index (χ0n) is 8.07. The number of rotatable bonds is 2. The highest BCUT2D eigenvalue weighted by Crippen LogP contribution is 2.32. The maximum Gasteiger partial charge on any atom is 0.125 e. The molecule has 0 saturated heterocycles. The van der Waals surface area contributed by atoms with Crippen molar-refractivity contribution < 1.29 is 5.11 Å². The van der Waals surface area contributed by atoms with E-state index in [1.807, 2.05) is 6.92 Å².